The molecule has 104 valence electrons. The molecule has 7 heteroatoms. The molecule has 0 aliphatic rings. The molecule has 0 unspecified atom stereocenters. The molecule has 0 spiro atoms. The molecule has 0 amide bonds. The molecule has 0 saturated carbocycles. The summed E-state index contributed by atoms with van der Waals surface area (Å²) in [5.74, 6) is 0.536. The Morgan fingerprint density at radius 3 is 2.67 bits per heavy atom. The third-order valence-corrected chi connectivity index (χ3v) is 2.88. The molecular formula is C14H11N5O2. The van der Waals surface area contributed by atoms with Crippen LogP contribution in [0.4, 0.5) is 11.6 Å². The van der Waals surface area contributed by atoms with Gasteiger partial charge >= 0.3 is 0 Å². The fraction of sp³-hybridized carbons (Fsp3) is 0. The van der Waals surface area contributed by atoms with Crippen molar-refractivity contribution in [3.05, 3.63) is 64.2 Å². The minimum absolute atomic E-state index is 0.0531. The zero-order chi connectivity index (χ0) is 14.7. The first kappa shape index (κ1) is 12.8. The average molecular weight is 281 g/mol. The summed E-state index contributed by atoms with van der Waals surface area (Å²) >= 11 is 0. The van der Waals surface area contributed by atoms with Crippen molar-refractivity contribution >= 4 is 28.9 Å². The summed E-state index contributed by atoms with van der Waals surface area (Å²) in [4.78, 5) is 17.5. The second kappa shape index (κ2) is 5.41. The number of hydrazone groups is 1. The van der Waals surface area contributed by atoms with Crippen molar-refractivity contribution in [2.24, 2.45) is 5.10 Å². The monoisotopic (exact) mass is 281 g/mol. The van der Waals surface area contributed by atoms with E-state index in [2.05, 4.69) is 20.5 Å². The maximum atomic E-state index is 10.5. The topological polar surface area (TPSA) is 96.2 Å². The van der Waals surface area contributed by atoms with Crippen molar-refractivity contribution < 1.29 is 4.92 Å². The van der Waals surface area contributed by atoms with Gasteiger partial charge in [-0.3, -0.25) is 10.1 Å². The number of nitrogens with zero attached hydrogens (tertiary/aromatic N) is 3. The molecule has 0 aliphatic heterocycles. The third kappa shape index (κ3) is 2.86. The van der Waals surface area contributed by atoms with Gasteiger partial charge in [-0.05, 0) is 29.8 Å². The molecule has 3 rings (SSSR count). The number of nitro groups is 1. The quantitative estimate of drug-likeness (QED) is 0.436. The van der Waals surface area contributed by atoms with Crippen LogP contribution >= 0.6 is 0 Å². The van der Waals surface area contributed by atoms with Gasteiger partial charge in [0.1, 0.15) is 0 Å². The average Bonchev–Trinajstić information content (AvgIpc) is 2.90. The molecular weight excluding hydrogens is 270 g/mol. The molecule has 0 atom stereocenters. The number of nitrogens with one attached hydrogen (secondary N) is 2. The van der Waals surface area contributed by atoms with E-state index in [1.165, 1.54) is 12.1 Å². The molecule has 3 aromatic rings. The summed E-state index contributed by atoms with van der Waals surface area (Å²) in [5.41, 5.74) is 5.37. The number of hydrogen-bond donors (Lipinski definition) is 2. The molecule has 0 fully saturated rings. The molecule has 0 radical (unpaired) electrons. The van der Waals surface area contributed by atoms with E-state index in [-0.39, 0.29) is 5.69 Å². The van der Waals surface area contributed by atoms with Crippen LogP contribution in [0.2, 0.25) is 0 Å². The Hall–Kier alpha value is -3.22. The number of aromatic amines is 1. The first-order chi connectivity index (χ1) is 10.2. The number of anilines is 1. The minimum atomic E-state index is -0.437. The Bertz CT molecular complexity index is 775. The van der Waals surface area contributed by atoms with Crippen molar-refractivity contribution in [1.82, 2.24) is 9.97 Å². The Kier molecular flexibility index (Phi) is 3.30. The molecule has 2 aromatic carbocycles. The van der Waals surface area contributed by atoms with Gasteiger partial charge in [0.25, 0.3) is 5.69 Å². The van der Waals surface area contributed by atoms with Crippen LogP contribution in [0.5, 0.6) is 0 Å². The van der Waals surface area contributed by atoms with E-state index < -0.39 is 4.92 Å². The van der Waals surface area contributed by atoms with Crippen LogP contribution in [-0.2, 0) is 0 Å². The van der Waals surface area contributed by atoms with E-state index in [0.29, 0.717) is 5.95 Å². The van der Waals surface area contributed by atoms with Crippen molar-refractivity contribution in [3.63, 3.8) is 0 Å². The zero-order valence-electron chi connectivity index (χ0n) is 10.9. The van der Waals surface area contributed by atoms with Crippen molar-refractivity contribution in [1.29, 1.82) is 0 Å². The number of benzene rings is 2. The number of non-ortho nitro benzene ring substituents is 1. The zero-order valence-corrected chi connectivity index (χ0v) is 10.9. The number of aromatic nitrogens is 2. The summed E-state index contributed by atoms with van der Waals surface area (Å²) in [7, 11) is 0. The second-order valence-electron chi connectivity index (χ2n) is 4.32. The minimum Gasteiger partial charge on any atom is -0.323 e. The Morgan fingerprint density at radius 1 is 1.19 bits per heavy atom. The van der Waals surface area contributed by atoms with E-state index in [1.807, 2.05) is 24.3 Å². The molecule has 2 N–H and O–H groups in total. The van der Waals surface area contributed by atoms with E-state index in [1.54, 1.807) is 18.3 Å². The first-order valence-electron chi connectivity index (χ1n) is 6.21. The lowest BCUT2D eigenvalue weighted by molar-refractivity contribution is -0.384. The van der Waals surface area contributed by atoms with Gasteiger partial charge in [0.05, 0.1) is 22.2 Å². The van der Waals surface area contributed by atoms with Crippen molar-refractivity contribution in [3.8, 4) is 0 Å². The lowest BCUT2D eigenvalue weighted by Gasteiger charge is -1.95. The Labute approximate surface area is 119 Å². The van der Waals surface area contributed by atoms with Gasteiger partial charge in [-0.25, -0.2) is 10.4 Å². The molecule has 1 aromatic heterocycles. The lowest BCUT2D eigenvalue weighted by Crippen LogP contribution is -1.93. The van der Waals surface area contributed by atoms with Gasteiger partial charge in [-0.2, -0.15) is 5.10 Å². The molecule has 1 heterocycles. The highest BCUT2D eigenvalue weighted by Gasteiger charge is 2.02. The van der Waals surface area contributed by atoms with Crippen molar-refractivity contribution in [2.45, 2.75) is 0 Å². The van der Waals surface area contributed by atoms with Gasteiger partial charge in [0.15, 0.2) is 0 Å². The SMILES string of the molecule is O=[N+]([O-])c1ccc(/C=N\Nc2nc3ccccc3[nH]2)cc1. The second-order valence-corrected chi connectivity index (χ2v) is 4.32. The molecule has 0 saturated heterocycles. The molecule has 0 bridgehead atoms. The summed E-state index contributed by atoms with van der Waals surface area (Å²) < 4.78 is 0. The lowest BCUT2D eigenvalue weighted by atomic mass is 10.2. The fourth-order valence-electron chi connectivity index (χ4n) is 1.86. The number of rotatable bonds is 4. The molecule has 0 aliphatic carbocycles. The highest BCUT2D eigenvalue weighted by atomic mass is 16.6. The summed E-state index contributed by atoms with van der Waals surface area (Å²) in [6, 6.07) is 13.8. The highest BCUT2D eigenvalue weighted by Crippen LogP contribution is 2.13. The number of H-pyrrole nitrogens is 1. The Balaban J connectivity index is 1.70. The number of nitro benzene ring substituents is 1. The summed E-state index contributed by atoms with van der Waals surface area (Å²) in [6.45, 7) is 0. The van der Waals surface area contributed by atoms with Crippen LogP contribution in [0.3, 0.4) is 0 Å². The number of para-hydroxylation sites is 2. The summed E-state index contributed by atoms with van der Waals surface area (Å²) in [6.07, 6.45) is 1.57. The van der Waals surface area contributed by atoms with Crippen LogP contribution in [-0.4, -0.2) is 21.1 Å². The third-order valence-electron chi connectivity index (χ3n) is 2.88. The van der Waals surface area contributed by atoms with Gasteiger partial charge < -0.3 is 4.98 Å². The maximum absolute atomic E-state index is 10.5. The number of fused-ring (bicyclic) bond motifs is 1. The molecule has 21 heavy (non-hydrogen) atoms. The number of hydrogen-bond acceptors (Lipinski definition) is 5. The van der Waals surface area contributed by atoms with Crippen LogP contribution in [0.1, 0.15) is 5.56 Å². The normalized spacial score (nSPS) is 11.0. The fourth-order valence-corrected chi connectivity index (χ4v) is 1.86. The van der Waals surface area contributed by atoms with Crippen molar-refractivity contribution in [2.75, 3.05) is 5.43 Å². The van der Waals surface area contributed by atoms with Gasteiger partial charge in [-0.1, -0.05) is 12.1 Å². The van der Waals surface area contributed by atoms with E-state index in [0.717, 1.165) is 16.6 Å². The van der Waals surface area contributed by atoms with E-state index in [4.69, 9.17) is 0 Å². The smallest absolute Gasteiger partial charge is 0.269 e. The summed E-state index contributed by atoms with van der Waals surface area (Å²) in [5, 5.41) is 14.6. The number of imidazole rings is 1. The van der Waals surface area contributed by atoms with Gasteiger partial charge in [0, 0.05) is 12.1 Å². The van der Waals surface area contributed by atoms with E-state index >= 15 is 0 Å². The predicted molar refractivity (Wildman–Crippen MR) is 80.4 cm³/mol. The van der Waals surface area contributed by atoms with Gasteiger partial charge in [0.2, 0.25) is 5.95 Å². The van der Waals surface area contributed by atoms with Crippen LogP contribution in [0.15, 0.2) is 53.6 Å². The largest absolute Gasteiger partial charge is 0.323 e. The predicted octanol–water partition coefficient (Wildman–Crippen LogP) is 2.92. The van der Waals surface area contributed by atoms with Crippen LogP contribution in [0.25, 0.3) is 11.0 Å². The maximum Gasteiger partial charge on any atom is 0.269 e. The van der Waals surface area contributed by atoms with Gasteiger partial charge in [-0.15, -0.1) is 0 Å². The van der Waals surface area contributed by atoms with E-state index in [9.17, 15) is 10.1 Å². The van der Waals surface area contributed by atoms with Crippen LogP contribution in [0, 0.1) is 10.1 Å². The molecule has 7 nitrogen and oxygen atoms in total. The highest BCUT2D eigenvalue weighted by molar-refractivity contribution is 5.81. The standard InChI is InChI=1S/C14H11N5O2/c20-19(21)11-7-5-10(6-8-11)9-15-18-14-16-12-3-1-2-4-13(12)17-14/h1-9H,(H2,16,17,18)/b15-9-. The Morgan fingerprint density at radius 2 is 1.95 bits per heavy atom. The first-order valence-corrected chi connectivity index (χ1v) is 6.21. The van der Waals surface area contributed by atoms with Crippen LogP contribution < -0.4 is 5.43 Å².